The summed E-state index contributed by atoms with van der Waals surface area (Å²) in [6.45, 7) is 4.10. The van der Waals surface area contributed by atoms with Gasteiger partial charge in [-0.1, -0.05) is 17.4 Å². The van der Waals surface area contributed by atoms with Crippen LogP contribution in [0.5, 0.6) is 0 Å². The number of likely N-dealkylation sites (N-methyl/N-ethyl adjacent to an activating group) is 1. The van der Waals surface area contributed by atoms with Crippen molar-refractivity contribution in [1.82, 2.24) is 5.01 Å². The first-order chi connectivity index (χ1) is 12.8. The zero-order chi connectivity index (χ0) is 19.6. The Bertz CT molecular complexity index is 710. The molecule has 1 aromatic rings. The van der Waals surface area contributed by atoms with Crippen LogP contribution in [0, 0.1) is 0 Å². The van der Waals surface area contributed by atoms with Crippen molar-refractivity contribution in [1.29, 1.82) is 0 Å². The van der Waals surface area contributed by atoms with E-state index in [1.54, 1.807) is 43.4 Å². The van der Waals surface area contributed by atoms with E-state index in [9.17, 15) is 4.79 Å². The van der Waals surface area contributed by atoms with Gasteiger partial charge < -0.3 is 23.7 Å². The first kappa shape index (κ1) is 19.7. The molecule has 0 unspecified atom stereocenters. The lowest BCUT2D eigenvalue weighted by molar-refractivity contribution is -0.217. The van der Waals surface area contributed by atoms with Gasteiger partial charge >= 0.3 is 5.97 Å². The molecular formula is C18H25N3O6. The molecular weight excluding hydrogens is 354 g/mol. The Morgan fingerprint density at radius 1 is 1.26 bits per heavy atom. The van der Waals surface area contributed by atoms with E-state index in [1.165, 1.54) is 7.11 Å². The SMILES string of the molecule is COC(=O)c1ccccc1N=NN(C)C[C@@H]1O[C@@H]2OC(C)(C)O[C@@H]2[C@@H]1OC. The number of benzene rings is 1. The maximum Gasteiger partial charge on any atom is 0.340 e. The van der Waals surface area contributed by atoms with Crippen molar-refractivity contribution in [2.45, 2.75) is 44.2 Å². The smallest absolute Gasteiger partial charge is 0.340 e. The number of methoxy groups -OCH3 is 2. The van der Waals surface area contributed by atoms with E-state index >= 15 is 0 Å². The van der Waals surface area contributed by atoms with Gasteiger partial charge in [-0.05, 0) is 26.0 Å². The van der Waals surface area contributed by atoms with Crippen LogP contribution < -0.4 is 0 Å². The van der Waals surface area contributed by atoms with Gasteiger partial charge in [-0.15, -0.1) is 5.11 Å². The molecule has 0 aliphatic carbocycles. The molecule has 2 fully saturated rings. The fourth-order valence-corrected chi connectivity index (χ4v) is 3.24. The summed E-state index contributed by atoms with van der Waals surface area (Å²) in [6.07, 6.45) is -1.33. The first-order valence-electron chi connectivity index (χ1n) is 8.68. The van der Waals surface area contributed by atoms with Crippen molar-refractivity contribution in [3.8, 4) is 0 Å². The Labute approximate surface area is 158 Å². The highest BCUT2D eigenvalue weighted by Gasteiger charge is 2.55. The van der Waals surface area contributed by atoms with Crippen molar-refractivity contribution in [2.24, 2.45) is 10.3 Å². The van der Waals surface area contributed by atoms with E-state index < -0.39 is 18.0 Å². The number of carbonyl (C=O) groups is 1. The Balaban J connectivity index is 1.64. The topological polar surface area (TPSA) is 91.2 Å². The quantitative estimate of drug-likeness (QED) is 0.425. The molecule has 0 radical (unpaired) electrons. The van der Waals surface area contributed by atoms with Crippen LogP contribution in [-0.4, -0.2) is 69.2 Å². The molecule has 2 heterocycles. The highest BCUT2D eigenvalue weighted by atomic mass is 16.8. The maximum absolute atomic E-state index is 11.8. The molecule has 0 spiro atoms. The lowest BCUT2D eigenvalue weighted by atomic mass is 10.1. The summed E-state index contributed by atoms with van der Waals surface area (Å²) in [7, 11) is 4.71. The second-order valence-corrected chi connectivity index (χ2v) is 6.88. The minimum atomic E-state index is -0.694. The fourth-order valence-electron chi connectivity index (χ4n) is 3.24. The van der Waals surface area contributed by atoms with Crippen LogP contribution in [0.1, 0.15) is 24.2 Å². The number of carbonyl (C=O) groups excluding carboxylic acids is 1. The monoisotopic (exact) mass is 379 g/mol. The number of hydrogen-bond donors (Lipinski definition) is 0. The number of esters is 1. The third-order valence-corrected chi connectivity index (χ3v) is 4.42. The summed E-state index contributed by atoms with van der Waals surface area (Å²) in [6, 6.07) is 6.85. The van der Waals surface area contributed by atoms with Gasteiger partial charge in [-0.2, -0.15) is 0 Å². The molecule has 2 aliphatic rings. The summed E-state index contributed by atoms with van der Waals surface area (Å²) in [5.74, 6) is -1.16. The van der Waals surface area contributed by atoms with E-state index in [-0.39, 0.29) is 18.3 Å². The zero-order valence-corrected chi connectivity index (χ0v) is 16.1. The summed E-state index contributed by atoms with van der Waals surface area (Å²) >= 11 is 0. The van der Waals surface area contributed by atoms with Crippen molar-refractivity contribution >= 4 is 11.7 Å². The van der Waals surface area contributed by atoms with Crippen LogP contribution in [0.4, 0.5) is 5.69 Å². The molecule has 2 aliphatic heterocycles. The van der Waals surface area contributed by atoms with Crippen LogP contribution in [0.15, 0.2) is 34.6 Å². The number of ether oxygens (including phenoxy) is 5. The average molecular weight is 379 g/mol. The summed E-state index contributed by atoms with van der Waals surface area (Å²) < 4.78 is 27.9. The van der Waals surface area contributed by atoms with Gasteiger partial charge in [0, 0.05) is 14.2 Å². The molecule has 9 nitrogen and oxygen atoms in total. The predicted molar refractivity (Wildman–Crippen MR) is 94.4 cm³/mol. The average Bonchev–Trinajstić information content (AvgIpc) is 3.09. The second kappa shape index (κ2) is 7.89. The van der Waals surface area contributed by atoms with Gasteiger partial charge in [0.1, 0.15) is 24.0 Å². The third kappa shape index (κ3) is 4.27. The minimum Gasteiger partial charge on any atom is -0.465 e. The van der Waals surface area contributed by atoms with E-state index in [4.69, 9.17) is 23.7 Å². The fraction of sp³-hybridized carbons (Fsp3) is 0.611. The third-order valence-electron chi connectivity index (χ3n) is 4.42. The van der Waals surface area contributed by atoms with E-state index in [0.717, 1.165) is 0 Å². The molecule has 0 amide bonds. The number of rotatable bonds is 6. The van der Waals surface area contributed by atoms with E-state index in [1.807, 2.05) is 13.8 Å². The van der Waals surface area contributed by atoms with Crippen molar-refractivity contribution < 1.29 is 28.5 Å². The predicted octanol–water partition coefficient (Wildman–Crippen LogP) is 2.30. The summed E-state index contributed by atoms with van der Waals surface area (Å²) in [4.78, 5) is 11.8. The lowest BCUT2D eigenvalue weighted by Crippen LogP contribution is -2.40. The molecule has 0 N–H and O–H groups in total. The van der Waals surface area contributed by atoms with Gasteiger partial charge in [-0.25, -0.2) is 4.79 Å². The molecule has 0 bridgehead atoms. The van der Waals surface area contributed by atoms with Crippen LogP contribution in [-0.2, 0) is 23.7 Å². The normalized spacial score (nSPS) is 29.1. The highest BCUT2D eigenvalue weighted by molar-refractivity contribution is 5.94. The molecule has 0 saturated carbocycles. The molecule has 4 atom stereocenters. The molecule has 148 valence electrons. The molecule has 3 rings (SSSR count). The van der Waals surface area contributed by atoms with Crippen LogP contribution >= 0.6 is 0 Å². The Morgan fingerprint density at radius 2 is 2.00 bits per heavy atom. The van der Waals surface area contributed by atoms with Gasteiger partial charge in [0.2, 0.25) is 0 Å². The minimum absolute atomic E-state index is 0.281. The molecule has 0 aromatic heterocycles. The summed E-state index contributed by atoms with van der Waals surface area (Å²) in [5, 5.41) is 9.94. The van der Waals surface area contributed by atoms with Gasteiger partial charge in [-0.3, -0.25) is 5.01 Å². The van der Waals surface area contributed by atoms with Gasteiger partial charge in [0.05, 0.1) is 19.2 Å². The Morgan fingerprint density at radius 3 is 2.70 bits per heavy atom. The highest BCUT2D eigenvalue weighted by Crippen LogP contribution is 2.38. The van der Waals surface area contributed by atoms with Crippen LogP contribution in [0.3, 0.4) is 0 Å². The number of fused-ring (bicyclic) bond motifs is 1. The molecule has 9 heteroatoms. The zero-order valence-electron chi connectivity index (χ0n) is 16.1. The van der Waals surface area contributed by atoms with Gasteiger partial charge in [0.15, 0.2) is 12.1 Å². The summed E-state index contributed by atoms with van der Waals surface area (Å²) in [5.41, 5.74) is 0.778. The standard InChI is InChI=1S/C18H25N3O6/c1-18(2)26-15-14(23-4)13(25-17(15)27-18)10-21(3)20-19-12-9-7-6-8-11(12)16(22)24-5/h6-9,13-15,17H,10H2,1-5H3/t13-,14+,15+,17+/m0/s1. The van der Waals surface area contributed by atoms with Crippen molar-refractivity contribution in [3.63, 3.8) is 0 Å². The lowest BCUT2D eigenvalue weighted by Gasteiger charge is -2.26. The Kier molecular flexibility index (Phi) is 5.75. The Hall–Kier alpha value is -2.07. The largest absolute Gasteiger partial charge is 0.465 e. The van der Waals surface area contributed by atoms with E-state index in [0.29, 0.717) is 17.8 Å². The van der Waals surface area contributed by atoms with Crippen LogP contribution in [0.25, 0.3) is 0 Å². The van der Waals surface area contributed by atoms with Crippen molar-refractivity contribution in [2.75, 3.05) is 27.8 Å². The molecule has 27 heavy (non-hydrogen) atoms. The van der Waals surface area contributed by atoms with Gasteiger partial charge in [0.25, 0.3) is 0 Å². The second-order valence-electron chi connectivity index (χ2n) is 6.88. The number of hydrogen-bond acceptors (Lipinski definition) is 8. The maximum atomic E-state index is 11.8. The van der Waals surface area contributed by atoms with Crippen molar-refractivity contribution in [3.05, 3.63) is 29.8 Å². The molecule has 2 saturated heterocycles. The molecule has 1 aromatic carbocycles. The van der Waals surface area contributed by atoms with E-state index in [2.05, 4.69) is 10.3 Å². The number of nitrogens with zero attached hydrogens (tertiary/aromatic N) is 3. The van der Waals surface area contributed by atoms with Crippen LogP contribution in [0.2, 0.25) is 0 Å². The first-order valence-corrected chi connectivity index (χ1v) is 8.68.